The van der Waals surface area contributed by atoms with Crippen LogP contribution in [0.4, 0.5) is 5.69 Å². The number of ether oxygens (including phenoxy) is 1. The Bertz CT molecular complexity index is 864. The van der Waals surface area contributed by atoms with Crippen LogP contribution < -0.4 is 15.4 Å². The number of nitrogens with one attached hydrogen (secondary N) is 2. The summed E-state index contributed by atoms with van der Waals surface area (Å²) >= 11 is 0. The third-order valence-corrected chi connectivity index (χ3v) is 5.99. The number of carbonyl (C=O) groups is 2. The molecule has 1 aliphatic carbocycles. The number of aryl methyl sites for hydroxylation is 2. The summed E-state index contributed by atoms with van der Waals surface area (Å²) in [5, 5.41) is 6.17. The molecule has 2 amide bonds. The predicted octanol–water partition coefficient (Wildman–Crippen LogP) is 5.28. The van der Waals surface area contributed by atoms with Gasteiger partial charge in [0.25, 0.3) is 11.8 Å². The van der Waals surface area contributed by atoms with E-state index < -0.39 is 6.10 Å². The van der Waals surface area contributed by atoms with Crippen LogP contribution in [-0.4, -0.2) is 24.0 Å². The largest absolute Gasteiger partial charge is 0.481 e. The average molecular weight is 423 g/mol. The van der Waals surface area contributed by atoms with E-state index >= 15 is 0 Å². The van der Waals surface area contributed by atoms with Crippen molar-refractivity contribution in [3.8, 4) is 5.75 Å². The highest BCUT2D eigenvalue weighted by Crippen LogP contribution is 2.23. The molecule has 1 fully saturated rings. The van der Waals surface area contributed by atoms with Crippen molar-refractivity contribution in [1.29, 1.82) is 0 Å². The van der Waals surface area contributed by atoms with Crippen LogP contribution in [0.1, 0.15) is 74.4 Å². The SMILES string of the molecule is CCc1cccc(CC)c1NC(=O)[C@H](C)Oc1ccc(C(=O)NC2CCCCC2)cc1. The number of anilines is 1. The topological polar surface area (TPSA) is 67.4 Å². The van der Waals surface area contributed by atoms with E-state index in [9.17, 15) is 9.59 Å². The Morgan fingerprint density at radius 2 is 1.58 bits per heavy atom. The van der Waals surface area contributed by atoms with Crippen LogP contribution in [0.5, 0.6) is 5.75 Å². The standard InChI is InChI=1S/C26H34N2O3/c1-4-19-10-9-11-20(5-2)24(19)28-25(29)18(3)31-23-16-14-21(15-17-23)26(30)27-22-12-7-6-8-13-22/h9-11,14-18,22H,4-8,12-13H2,1-3H3,(H,27,30)(H,28,29)/t18-/m0/s1. The van der Waals surface area contributed by atoms with Crippen molar-refractivity contribution in [1.82, 2.24) is 5.32 Å². The van der Waals surface area contributed by atoms with E-state index in [1.807, 2.05) is 18.2 Å². The second-order valence-corrected chi connectivity index (χ2v) is 8.24. The number of para-hydroxylation sites is 1. The van der Waals surface area contributed by atoms with Gasteiger partial charge < -0.3 is 15.4 Å². The summed E-state index contributed by atoms with van der Waals surface area (Å²) in [6.07, 6.45) is 6.78. The van der Waals surface area contributed by atoms with E-state index in [2.05, 4.69) is 24.5 Å². The van der Waals surface area contributed by atoms with Gasteiger partial charge in [-0.2, -0.15) is 0 Å². The van der Waals surface area contributed by atoms with Gasteiger partial charge in [-0.15, -0.1) is 0 Å². The summed E-state index contributed by atoms with van der Waals surface area (Å²) in [5.41, 5.74) is 3.74. The van der Waals surface area contributed by atoms with E-state index in [0.717, 1.165) is 42.5 Å². The molecular formula is C26H34N2O3. The molecule has 1 saturated carbocycles. The van der Waals surface area contributed by atoms with Crippen molar-refractivity contribution in [2.75, 3.05) is 5.32 Å². The molecule has 5 heteroatoms. The molecule has 2 N–H and O–H groups in total. The molecular weight excluding hydrogens is 388 g/mol. The highest BCUT2D eigenvalue weighted by Gasteiger charge is 2.19. The molecule has 0 saturated heterocycles. The van der Waals surface area contributed by atoms with Gasteiger partial charge in [0.1, 0.15) is 5.75 Å². The van der Waals surface area contributed by atoms with Crippen molar-refractivity contribution in [3.05, 3.63) is 59.2 Å². The van der Waals surface area contributed by atoms with Crippen LogP contribution in [-0.2, 0) is 17.6 Å². The number of hydrogen-bond acceptors (Lipinski definition) is 3. The van der Waals surface area contributed by atoms with Gasteiger partial charge in [0.05, 0.1) is 0 Å². The first-order valence-electron chi connectivity index (χ1n) is 11.5. The maximum Gasteiger partial charge on any atom is 0.265 e. The summed E-state index contributed by atoms with van der Waals surface area (Å²) in [6.45, 7) is 5.89. The maximum atomic E-state index is 12.7. The predicted molar refractivity (Wildman–Crippen MR) is 125 cm³/mol. The zero-order valence-electron chi connectivity index (χ0n) is 18.9. The Morgan fingerprint density at radius 3 is 2.16 bits per heavy atom. The van der Waals surface area contributed by atoms with Gasteiger partial charge in [-0.05, 0) is 68.0 Å². The van der Waals surface area contributed by atoms with E-state index in [4.69, 9.17) is 4.74 Å². The molecule has 2 aromatic rings. The minimum Gasteiger partial charge on any atom is -0.481 e. The van der Waals surface area contributed by atoms with Crippen molar-refractivity contribution in [2.24, 2.45) is 0 Å². The van der Waals surface area contributed by atoms with Gasteiger partial charge in [-0.3, -0.25) is 9.59 Å². The Labute approximate surface area is 185 Å². The number of hydrogen-bond donors (Lipinski definition) is 2. The van der Waals surface area contributed by atoms with Gasteiger partial charge in [0.2, 0.25) is 0 Å². The van der Waals surface area contributed by atoms with E-state index in [0.29, 0.717) is 11.3 Å². The lowest BCUT2D eigenvalue weighted by molar-refractivity contribution is -0.122. The first kappa shape index (κ1) is 22.9. The van der Waals surface area contributed by atoms with Crippen molar-refractivity contribution in [2.45, 2.75) is 77.9 Å². The Morgan fingerprint density at radius 1 is 0.968 bits per heavy atom. The zero-order valence-corrected chi connectivity index (χ0v) is 18.9. The van der Waals surface area contributed by atoms with E-state index in [1.54, 1.807) is 31.2 Å². The smallest absolute Gasteiger partial charge is 0.265 e. The second kappa shape index (κ2) is 11.0. The average Bonchev–Trinajstić information content (AvgIpc) is 2.80. The number of amides is 2. The van der Waals surface area contributed by atoms with Crippen LogP contribution in [0.3, 0.4) is 0 Å². The van der Waals surface area contributed by atoms with Crippen molar-refractivity contribution >= 4 is 17.5 Å². The number of benzene rings is 2. The van der Waals surface area contributed by atoms with Crippen LogP contribution in [0.15, 0.2) is 42.5 Å². The Balaban J connectivity index is 1.58. The highest BCUT2D eigenvalue weighted by atomic mass is 16.5. The molecule has 31 heavy (non-hydrogen) atoms. The molecule has 0 bridgehead atoms. The lowest BCUT2D eigenvalue weighted by atomic mass is 9.95. The van der Waals surface area contributed by atoms with Crippen LogP contribution >= 0.6 is 0 Å². The van der Waals surface area contributed by atoms with Crippen LogP contribution in [0.2, 0.25) is 0 Å². The van der Waals surface area contributed by atoms with Crippen LogP contribution in [0.25, 0.3) is 0 Å². The van der Waals surface area contributed by atoms with Crippen molar-refractivity contribution < 1.29 is 14.3 Å². The summed E-state index contributed by atoms with van der Waals surface area (Å²) in [6, 6.07) is 13.4. The van der Waals surface area contributed by atoms with Gasteiger partial charge in [-0.1, -0.05) is 51.3 Å². The first-order chi connectivity index (χ1) is 15.0. The van der Waals surface area contributed by atoms with Crippen molar-refractivity contribution in [3.63, 3.8) is 0 Å². The maximum absolute atomic E-state index is 12.7. The molecule has 5 nitrogen and oxygen atoms in total. The van der Waals surface area contributed by atoms with Gasteiger partial charge in [-0.25, -0.2) is 0 Å². The molecule has 1 atom stereocenters. The van der Waals surface area contributed by atoms with Gasteiger partial charge in [0.15, 0.2) is 6.10 Å². The first-order valence-corrected chi connectivity index (χ1v) is 11.5. The van der Waals surface area contributed by atoms with Crippen LogP contribution in [0, 0.1) is 0 Å². The Hall–Kier alpha value is -2.82. The molecule has 0 heterocycles. The lowest BCUT2D eigenvalue weighted by Gasteiger charge is -2.22. The quantitative estimate of drug-likeness (QED) is 0.608. The minimum absolute atomic E-state index is 0.0486. The molecule has 0 radical (unpaired) electrons. The second-order valence-electron chi connectivity index (χ2n) is 8.24. The molecule has 0 aromatic heterocycles. The minimum atomic E-state index is -0.656. The fourth-order valence-corrected chi connectivity index (χ4v) is 4.09. The summed E-state index contributed by atoms with van der Waals surface area (Å²) in [4.78, 5) is 25.2. The molecule has 3 rings (SSSR count). The van der Waals surface area contributed by atoms with Gasteiger partial charge >= 0.3 is 0 Å². The van der Waals surface area contributed by atoms with E-state index in [1.165, 1.54) is 19.3 Å². The fraction of sp³-hybridized carbons (Fsp3) is 0.462. The summed E-state index contributed by atoms with van der Waals surface area (Å²) in [7, 11) is 0. The third-order valence-electron chi connectivity index (χ3n) is 5.99. The molecule has 1 aliphatic rings. The number of rotatable bonds is 8. The summed E-state index contributed by atoms with van der Waals surface area (Å²) < 4.78 is 5.84. The number of carbonyl (C=O) groups excluding carboxylic acids is 2. The lowest BCUT2D eigenvalue weighted by Crippen LogP contribution is -2.36. The van der Waals surface area contributed by atoms with Gasteiger partial charge in [0, 0.05) is 17.3 Å². The fourth-order valence-electron chi connectivity index (χ4n) is 4.09. The molecule has 166 valence electrons. The summed E-state index contributed by atoms with van der Waals surface area (Å²) in [5.74, 6) is 0.332. The molecule has 2 aromatic carbocycles. The molecule has 0 aliphatic heterocycles. The highest BCUT2D eigenvalue weighted by molar-refractivity contribution is 5.96. The Kier molecular flexibility index (Phi) is 8.10. The normalized spacial score (nSPS) is 15.2. The third kappa shape index (κ3) is 6.09. The zero-order chi connectivity index (χ0) is 22.2. The van der Waals surface area contributed by atoms with E-state index in [-0.39, 0.29) is 17.9 Å². The molecule has 0 spiro atoms. The molecule has 0 unspecified atom stereocenters. The monoisotopic (exact) mass is 422 g/mol.